The summed E-state index contributed by atoms with van der Waals surface area (Å²) >= 11 is 0. The summed E-state index contributed by atoms with van der Waals surface area (Å²) in [6, 6.07) is 23.6. The highest BCUT2D eigenvalue weighted by Gasteiger charge is 2.12. The van der Waals surface area contributed by atoms with E-state index in [4.69, 9.17) is 9.47 Å². The molecule has 0 aliphatic carbocycles. The molecule has 4 rings (SSSR count). The highest BCUT2D eigenvalue weighted by atomic mass is 16.5. The van der Waals surface area contributed by atoms with Crippen molar-refractivity contribution in [2.24, 2.45) is 0 Å². The topological polar surface area (TPSA) is 73.3 Å². The zero-order valence-corrected chi connectivity index (χ0v) is 16.1. The third-order valence-corrected chi connectivity index (χ3v) is 4.22. The molecule has 2 aromatic carbocycles. The third-order valence-electron chi connectivity index (χ3n) is 4.22. The number of nitrogens with zero attached hydrogens (tertiary/aromatic N) is 2. The smallest absolute Gasteiger partial charge is 0.257 e. The molecule has 0 bridgehead atoms. The second-order valence-electron chi connectivity index (χ2n) is 6.39. The zero-order valence-electron chi connectivity index (χ0n) is 16.1. The normalized spacial score (nSPS) is 10.3. The van der Waals surface area contributed by atoms with E-state index in [2.05, 4.69) is 15.3 Å². The van der Waals surface area contributed by atoms with Gasteiger partial charge in [-0.2, -0.15) is 0 Å². The summed E-state index contributed by atoms with van der Waals surface area (Å²) in [6.07, 6.45) is 5.01. The van der Waals surface area contributed by atoms with Gasteiger partial charge in [0.05, 0.1) is 0 Å². The van der Waals surface area contributed by atoms with Gasteiger partial charge >= 0.3 is 0 Å². The first kappa shape index (κ1) is 19.1. The van der Waals surface area contributed by atoms with E-state index in [1.54, 1.807) is 55.0 Å². The first-order valence-electron chi connectivity index (χ1n) is 9.39. The van der Waals surface area contributed by atoms with E-state index >= 15 is 0 Å². The number of carbonyl (C=O) groups excluding carboxylic acids is 1. The molecule has 148 valence electrons. The molecule has 1 amide bonds. The van der Waals surface area contributed by atoms with Crippen molar-refractivity contribution in [2.45, 2.75) is 6.61 Å². The zero-order chi connectivity index (χ0) is 20.6. The second-order valence-corrected chi connectivity index (χ2v) is 6.39. The Balaban J connectivity index is 1.46. The van der Waals surface area contributed by atoms with Crippen LogP contribution in [-0.2, 0) is 6.61 Å². The molecule has 4 aromatic rings. The van der Waals surface area contributed by atoms with Crippen molar-refractivity contribution in [1.29, 1.82) is 0 Å². The van der Waals surface area contributed by atoms with Crippen LogP contribution in [0.1, 0.15) is 15.9 Å². The largest absolute Gasteiger partial charge is 0.485 e. The predicted molar refractivity (Wildman–Crippen MR) is 114 cm³/mol. The molecule has 0 saturated carbocycles. The number of ether oxygens (including phenoxy) is 2. The predicted octanol–water partition coefficient (Wildman–Crippen LogP) is 5.10. The number of hydrogen-bond donors (Lipinski definition) is 1. The number of pyridine rings is 2. The van der Waals surface area contributed by atoms with Gasteiger partial charge < -0.3 is 14.8 Å². The monoisotopic (exact) mass is 397 g/mol. The average Bonchev–Trinajstić information content (AvgIpc) is 2.80. The van der Waals surface area contributed by atoms with Gasteiger partial charge in [0.25, 0.3) is 5.91 Å². The van der Waals surface area contributed by atoms with Gasteiger partial charge in [-0.15, -0.1) is 0 Å². The van der Waals surface area contributed by atoms with Gasteiger partial charge in [-0.1, -0.05) is 24.3 Å². The maximum atomic E-state index is 12.8. The van der Waals surface area contributed by atoms with Crippen molar-refractivity contribution in [2.75, 3.05) is 5.32 Å². The first-order chi connectivity index (χ1) is 14.8. The molecule has 1 N–H and O–H groups in total. The van der Waals surface area contributed by atoms with Crippen molar-refractivity contribution < 1.29 is 14.3 Å². The van der Waals surface area contributed by atoms with E-state index < -0.39 is 0 Å². The summed E-state index contributed by atoms with van der Waals surface area (Å²) in [4.78, 5) is 21.0. The highest BCUT2D eigenvalue weighted by Crippen LogP contribution is 2.25. The van der Waals surface area contributed by atoms with Gasteiger partial charge in [-0.05, 0) is 60.2 Å². The second kappa shape index (κ2) is 9.34. The Kier molecular flexibility index (Phi) is 5.96. The van der Waals surface area contributed by atoms with E-state index in [1.807, 2.05) is 42.5 Å². The van der Waals surface area contributed by atoms with Crippen LogP contribution >= 0.6 is 0 Å². The summed E-state index contributed by atoms with van der Waals surface area (Å²) in [5.41, 5.74) is 1.42. The molecule has 30 heavy (non-hydrogen) atoms. The number of nitrogens with one attached hydrogen (secondary N) is 1. The number of hydrogen-bond acceptors (Lipinski definition) is 5. The summed E-state index contributed by atoms with van der Waals surface area (Å²) < 4.78 is 11.6. The van der Waals surface area contributed by atoms with E-state index in [-0.39, 0.29) is 5.91 Å². The van der Waals surface area contributed by atoms with Crippen LogP contribution in [0.15, 0.2) is 97.5 Å². The van der Waals surface area contributed by atoms with Gasteiger partial charge in [0.15, 0.2) is 11.6 Å². The quantitative estimate of drug-likeness (QED) is 0.470. The number of amides is 1. The fraction of sp³-hybridized carbons (Fsp3) is 0.0417. The van der Waals surface area contributed by atoms with Crippen LogP contribution in [0.4, 0.5) is 5.82 Å². The van der Waals surface area contributed by atoms with Gasteiger partial charge in [-0.25, -0.2) is 4.98 Å². The van der Waals surface area contributed by atoms with Crippen LogP contribution in [0.2, 0.25) is 0 Å². The first-order valence-corrected chi connectivity index (χ1v) is 9.39. The van der Waals surface area contributed by atoms with E-state index in [0.29, 0.717) is 35.2 Å². The lowest BCUT2D eigenvalue weighted by Crippen LogP contribution is -2.14. The van der Waals surface area contributed by atoms with Gasteiger partial charge in [0, 0.05) is 24.2 Å². The molecular formula is C24H19N3O3. The Morgan fingerprint density at radius 1 is 0.833 bits per heavy atom. The number of anilines is 1. The van der Waals surface area contributed by atoms with E-state index in [1.165, 1.54) is 0 Å². The lowest BCUT2D eigenvalue weighted by Gasteiger charge is -2.12. The van der Waals surface area contributed by atoms with Crippen molar-refractivity contribution in [3.63, 3.8) is 0 Å². The van der Waals surface area contributed by atoms with Crippen LogP contribution < -0.4 is 14.8 Å². The Labute approximate surface area is 174 Å². The minimum atomic E-state index is -0.305. The molecule has 0 unspecified atom stereocenters. The van der Waals surface area contributed by atoms with Crippen LogP contribution in [0, 0.1) is 0 Å². The lowest BCUT2D eigenvalue weighted by molar-refractivity contribution is 0.102. The molecule has 6 heteroatoms. The van der Waals surface area contributed by atoms with Crippen molar-refractivity contribution >= 4 is 11.7 Å². The minimum Gasteiger partial charge on any atom is -0.485 e. The average molecular weight is 397 g/mol. The lowest BCUT2D eigenvalue weighted by atomic mass is 10.2. The van der Waals surface area contributed by atoms with Crippen LogP contribution in [0.3, 0.4) is 0 Å². The summed E-state index contributed by atoms with van der Waals surface area (Å²) in [6.45, 7) is 0.345. The summed E-state index contributed by atoms with van der Waals surface area (Å²) in [7, 11) is 0. The van der Waals surface area contributed by atoms with E-state index in [0.717, 1.165) is 5.56 Å². The van der Waals surface area contributed by atoms with Gasteiger partial charge in [0.2, 0.25) is 0 Å². The van der Waals surface area contributed by atoms with Crippen molar-refractivity contribution in [1.82, 2.24) is 9.97 Å². The molecule has 0 radical (unpaired) electrons. The number of aromatic nitrogens is 2. The van der Waals surface area contributed by atoms with E-state index in [9.17, 15) is 4.79 Å². The van der Waals surface area contributed by atoms with Crippen LogP contribution in [0.25, 0.3) is 0 Å². The molecule has 0 aliphatic heterocycles. The minimum absolute atomic E-state index is 0.305. The van der Waals surface area contributed by atoms with Crippen molar-refractivity contribution in [3.05, 3.63) is 109 Å². The molecule has 6 nitrogen and oxygen atoms in total. The van der Waals surface area contributed by atoms with Crippen LogP contribution in [-0.4, -0.2) is 15.9 Å². The van der Waals surface area contributed by atoms with Gasteiger partial charge in [-0.3, -0.25) is 9.78 Å². The maximum Gasteiger partial charge on any atom is 0.257 e. The summed E-state index contributed by atoms with van der Waals surface area (Å²) in [5.74, 6) is 1.81. The highest BCUT2D eigenvalue weighted by molar-refractivity contribution is 6.04. The fourth-order valence-electron chi connectivity index (χ4n) is 2.75. The third kappa shape index (κ3) is 4.99. The maximum absolute atomic E-state index is 12.8. The Bertz CT molecular complexity index is 1120. The Hall–Kier alpha value is -4.19. The molecular weight excluding hydrogens is 378 g/mol. The fourth-order valence-corrected chi connectivity index (χ4v) is 2.75. The SMILES string of the molecule is O=C(Nc1ncccc1OCc1ccncc1)c1cccc(Oc2ccccc2)c1. The van der Waals surface area contributed by atoms with Gasteiger partial charge in [0.1, 0.15) is 18.1 Å². The number of para-hydroxylation sites is 1. The molecule has 0 aliphatic rings. The molecule has 0 spiro atoms. The Morgan fingerprint density at radius 2 is 1.63 bits per heavy atom. The standard InChI is InChI=1S/C24H19N3O3/c28-24(19-6-4-9-21(16-19)30-20-7-2-1-3-8-20)27-23-22(10-5-13-26-23)29-17-18-11-14-25-15-12-18/h1-16H,17H2,(H,26,27,28). The number of carbonyl (C=O) groups is 1. The molecule has 2 heterocycles. The Morgan fingerprint density at radius 3 is 2.47 bits per heavy atom. The molecule has 2 aromatic heterocycles. The summed E-state index contributed by atoms with van der Waals surface area (Å²) in [5, 5.41) is 2.81. The van der Waals surface area contributed by atoms with Crippen LogP contribution in [0.5, 0.6) is 17.2 Å². The molecule has 0 fully saturated rings. The number of rotatable bonds is 7. The number of benzene rings is 2. The van der Waals surface area contributed by atoms with Crippen molar-refractivity contribution in [3.8, 4) is 17.2 Å². The molecule has 0 atom stereocenters. The molecule has 0 saturated heterocycles.